The van der Waals surface area contributed by atoms with Crippen molar-refractivity contribution < 1.29 is 5.11 Å². The Morgan fingerprint density at radius 3 is 2.62 bits per heavy atom. The number of nitrogens with one attached hydrogen (secondary N) is 2. The first-order chi connectivity index (χ1) is 13.9. The molecule has 0 fully saturated rings. The van der Waals surface area contributed by atoms with Crippen LogP contribution in [0, 0.1) is 13.8 Å². The molecule has 2 aromatic carbocycles. The van der Waals surface area contributed by atoms with Crippen molar-refractivity contribution in [2.24, 2.45) is 0 Å². The van der Waals surface area contributed by atoms with Gasteiger partial charge < -0.3 is 20.3 Å². The molecule has 0 aliphatic carbocycles. The van der Waals surface area contributed by atoms with Crippen molar-refractivity contribution in [2.45, 2.75) is 33.4 Å². The van der Waals surface area contributed by atoms with Gasteiger partial charge in [-0.3, -0.25) is 4.79 Å². The zero-order chi connectivity index (χ0) is 21.0. The van der Waals surface area contributed by atoms with Gasteiger partial charge in [0.05, 0.1) is 19.2 Å². The maximum Gasteiger partial charge on any atom is 0.253 e. The van der Waals surface area contributed by atoms with Crippen LogP contribution >= 0.6 is 12.2 Å². The SMILES string of the molecule is Cc1cc(C)c2cc(CN(CCO)C(=S)N[C@H](C)c3ccccc3)c(=O)[nH]c2c1. The van der Waals surface area contributed by atoms with E-state index < -0.39 is 0 Å². The van der Waals surface area contributed by atoms with Gasteiger partial charge in [-0.05, 0) is 61.8 Å². The van der Waals surface area contributed by atoms with Crippen LogP contribution in [0.2, 0.25) is 0 Å². The quantitative estimate of drug-likeness (QED) is 0.543. The molecule has 152 valence electrons. The molecule has 5 nitrogen and oxygen atoms in total. The van der Waals surface area contributed by atoms with Gasteiger partial charge in [0.1, 0.15) is 0 Å². The minimum atomic E-state index is -0.135. The average molecular weight is 410 g/mol. The van der Waals surface area contributed by atoms with E-state index in [1.807, 2.05) is 68.1 Å². The standard InChI is InChI=1S/C23H27N3O2S/c1-15-11-16(2)20-13-19(22(28)25-21(20)12-15)14-26(9-10-27)23(29)24-17(3)18-7-5-4-6-8-18/h4-8,11-13,17,27H,9-10,14H2,1-3H3,(H,24,29)(H,25,28)/t17-/m1/s1. The molecular formula is C23H27N3O2S. The van der Waals surface area contributed by atoms with Gasteiger partial charge in [-0.25, -0.2) is 0 Å². The molecule has 29 heavy (non-hydrogen) atoms. The molecule has 1 atom stereocenters. The van der Waals surface area contributed by atoms with Gasteiger partial charge in [0.25, 0.3) is 5.56 Å². The molecule has 3 rings (SSSR count). The lowest BCUT2D eigenvalue weighted by molar-refractivity contribution is 0.244. The minimum Gasteiger partial charge on any atom is -0.395 e. The molecule has 1 heterocycles. The summed E-state index contributed by atoms with van der Waals surface area (Å²) in [6.07, 6.45) is 0. The van der Waals surface area contributed by atoms with Crippen molar-refractivity contribution in [1.29, 1.82) is 0 Å². The van der Waals surface area contributed by atoms with Gasteiger partial charge in [0.15, 0.2) is 5.11 Å². The largest absolute Gasteiger partial charge is 0.395 e. The van der Waals surface area contributed by atoms with E-state index in [-0.39, 0.29) is 18.2 Å². The van der Waals surface area contributed by atoms with Crippen molar-refractivity contribution in [3.63, 3.8) is 0 Å². The first-order valence-electron chi connectivity index (χ1n) is 9.73. The van der Waals surface area contributed by atoms with Crippen molar-refractivity contribution in [1.82, 2.24) is 15.2 Å². The third-order valence-electron chi connectivity index (χ3n) is 5.05. The first-order valence-corrected chi connectivity index (χ1v) is 10.1. The van der Waals surface area contributed by atoms with E-state index >= 15 is 0 Å². The molecule has 0 spiro atoms. The lowest BCUT2D eigenvalue weighted by atomic mass is 10.0. The van der Waals surface area contributed by atoms with Crippen LogP contribution in [0.15, 0.2) is 53.3 Å². The number of rotatable bonds is 6. The predicted octanol–water partition coefficient (Wildman–Crippen LogP) is 3.57. The fourth-order valence-electron chi connectivity index (χ4n) is 3.51. The molecule has 0 radical (unpaired) electrons. The number of aryl methyl sites for hydroxylation is 2. The summed E-state index contributed by atoms with van der Waals surface area (Å²) >= 11 is 5.59. The van der Waals surface area contributed by atoms with Crippen molar-refractivity contribution in [3.05, 3.63) is 81.1 Å². The number of thiocarbonyl (C=S) groups is 1. The maximum absolute atomic E-state index is 12.7. The lowest BCUT2D eigenvalue weighted by Gasteiger charge is -2.27. The van der Waals surface area contributed by atoms with Crippen molar-refractivity contribution in [2.75, 3.05) is 13.2 Å². The molecule has 3 aromatic rings. The topological polar surface area (TPSA) is 68.4 Å². The van der Waals surface area contributed by atoms with Crippen molar-refractivity contribution in [3.8, 4) is 0 Å². The molecule has 0 bridgehead atoms. The predicted molar refractivity (Wildman–Crippen MR) is 122 cm³/mol. The summed E-state index contributed by atoms with van der Waals surface area (Å²) in [6, 6.07) is 16.0. The Morgan fingerprint density at radius 2 is 1.93 bits per heavy atom. The Balaban J connectivity index is 1.84. The second-order valence-electron chi connectivity index (χ2n) is 7.39. The summed E-state index contributed by atoms with van der Waals surface area (Å²) in [6.45, 7) is 6.71. The second-order valence-corrected chi connectivity index (χ2v) is 7.78. The zero-order valence-corrected chi connectivity index (χ0v) is 17.8. The molecule has 0 aliphatic heterocycles. The second kappa shape index (κ2) is 9.20. The number of pyridine rings is 1. The Hall–Kier alpha value is -2.70. The summed E-state index contributed by atoms with van der Waals surface area (Å²) in [7, 11) is 0. The normalized spacial score (nSPS) is 12.0. The van der Waals surface area contributed by atoms with Gasteiger partial charge in [-0.1, -0.05) is 36.4 Å². The Bertz CT molecular complexity index is 1060. The number of aliphatic hydroxyl groups excluding tert-OH is 1. The van der Waals surface area contributed by atoms with E-state index in [1.54, 1.807) is 0 Å². The summed E-state index contributed by atoms with van der Waals surface area (Å²) in [5.41, 5.74) is 4.67. The third kappa shape index (κ3) is 5.02. The molecule has 0 aliphatic rings. The van der Waals surface area contributed by atoms with Gasteiger partial charge in [-0.15, -0.1) is 0 Å². The minimum absolute atomic E-state index is 0.0185. The van der Waals surface area contributed by atoms with E-state index in [2.05, 4.69) is 16.4 Å². The molecule has 0 saturated carbocycles. The van der Waals surface area contributed by atoms with E-state index in [4.69, 9.17) is 12.2 Å². The fraction of sp³-hybridized carbons (Fsp3) is 0.304. The van der Waals surface area contributed by atoms with E-state index in [1.165, 1.54) is 0 Å². The highest BCUT2D eigenvalue weighted by Gasteiger charge is 2.16. The van der Waals surface area contributed by atoms with E-state index in [0.717, 1.165) is 27.6 Å². The Kier molecular flexibility index (Phi) is 6.67. The lowest BCUT2D eigenvalue weighted by Crippen LogP contribution is -2.42. The number of aromatic amines is 1. The summed E-state index contributed by atoms with van der Waals surface area (Å²) in [4.78, 5) is 17.5. The number of hydrogen-bond acceptors (Lipinski definition) is 3. The first kappa shape index (κ1) is 21.0. The van der Waals surface area contributed by atoms with E-state index in [0.29, 0.717) is 23.8 Å². The van der Waals surface area contributed by atoms with Crippen LogP contribution in [0.4, 0.5) is 0 Å². The third-order valence-corrected chi connectivity index (χ3v) is 5.42. The smallest absolute Gasteiger partial charge is 0.253 e. The van der Waals surface area contributed by atoms with Crippen LogP contribution < -0.4 is 10.9 Å². The maximum atomic E-state index is 12.7. The monoisotopic (exact) mass is 409 g/mol. The van der Waals surface area contributed by atoms with Gasteiger partial charge in [0, 0.05) is 23.0 Å². The number of fused-ring (bicyclic) bond motifs is 1. The van der Waals surface area contributed by atoms with Crippen LogP contribution in [0.5, 0.6) is 0 Å². The summed E-state index contributed by atoms with van der Waals surface area (Å²) < 4.78 is 0. The number of aromatic nitrogens is 1. The highest BCUT2D eigenvalue weighted by atomic mass is 32.1. The number of hydrogen-bond donors (Lipinski definition) is 3. The van der Waals surface area contributed by atoms with Crippen molar-refractivity contribution >= 4 is 28.2 Å². The van der Waals surface area contributed by atoms with Gasteiger partial charge in [-0.2, -0.15) is 0 Å². The Morgan fingerprint density at radius 1 is 1.21 bits per heavy atom. The van der Waals surface area contributed by atoms with Crippen LogP contribution in [0.1, 0.15) is 35.2 Å². The molecule has 1 aromatic heterocycles. The van der Waals surface area contributed by atoms with Gasteiger partial charge >= 0.3 is 0 Å². The zero-order valence-electron chi connectivity index (χ0n) is 17.0. The van der Waals surface area contributed by atoms with Crippen LogP contribution in [-0.2, 0) is 6.54 Å². The average Bonchev–Trinajstić information content (AvgIpc) is 2.69. The number of benzene rings is 2. The molecule has 0 saturated heterocycles. The number of aliphatic hydroxyl groups is 1. The molecule has 0 unspecified atom stereocenters. The molecule has 0 amide bonds. The number of H-pyrrole nitrogens is 1. The number of nitrogens with zero attached hydrogens (tertiary/aromatic N) is 1. The Labute approximate surface area is 176 Å². The molecule has 6 heteroatoms. The van der Waals surface area contributed by atoms with Crippen LogP contribution in [0.25, 0.3) is 10.9 Å². The summed E-state index contributed by atoms with van der Waals surface area (Å²) in [5, 5.41) is 14.4. The molecular weight excluding hydrogens is 382 g/mol. The van der Waals surface area contributed by atoms with Crippen LogP contribution in [-0.4, -0.2) is 33.3 Å². The molecule has 3 N–H and O–H groups in total. The van der Waals surface area contributed by atoms with E-state index in [9.17, 15) is 9.90 Å². The van der Waals surface area contributed by atoms with Gasteiger partial charge in [0.2, 0.25) is 0 Å². The highest BCUT2D eigenvalue weighted by Crippen LogP contribution is 2.19. The highest BCUT2D eigenvalue weighted by molar-refractivity contribution is 7.80. The fourth-order valence-corrected chi connectivity index (χ4v) is 3.85. The van der Waals surface area contributed by atoms with Crippen LogP contribution in [0.3, 0.4) is 0 Å². The summed E-state index contributed by atoms with van der Waals surface area (Å²) in [5.74, 6) is 0.